The van der Waals surface area contributed by atoms with Crippen molar-refractivity contribution in [1.82, 2.24) is 9.97 Å². The van der Waals surface area contributed by atoms with E-state index in [4.69, 9.17) is 11.5 Å². The van der Waals surface area contributed by atoms with Crippen molar-refractivity contribution < 1.29 is 0 Å². The summed E-state index contributed by atoms with van der Waals surface area (Å²) in [6.07, 6.45) is 1.01. The molecule has 0 radical (unpaired) electrons. The average molecular weight is 296 g/mol. The van der Waals surface area contributed by atoms with Gasteiger partial charge in [-0.05, 0) is 38.5 Å². The summed E-state index contributed by atoms with van der Waals surface area (Å²) >= 11 is 3.50. The zero-order chi connectivity index (χ0) is 14.0. The van der Waals surface area contributed by atoms with Crippen molar-refractivity contribution in [2.24, 2.45) is 5.73 Å². The van der Waals surface area contributed by atoms with Crippen LogP contribution in [-0.4, -0.2) is 21.8 Å². The van der Waals surface area contributed by atoms with Crippen molar-refractivity contribution in [3.63, 3.8) is 0 Å². The van der Waals surface area contributed by atoms with Crippen molar-refractivity contribution in [3.8, 4) is 0 Å². The average Bonchev–Trinajstić information content (AvgIpc) is 2.61. The number of fused-ring (bicyclic) bond motifs is 1. The first-order valence-electron chi connectivity index (χ1n) is 6.34. The van der Waals surface area contributed by atoms with Gasteiger partial charge in [0.1, 0.15) is 16.5 Å². The van der Waals surface area contributed by atoms with E-state index in [-0.39, 0.29) is 6.04 Å². The van der Waals surface area contributed by atoms with Gasteiger partial charge in [0.05, 0.1) is 11.1 Å². The van der Waals surface area contributed by atoms with Crippen LogP contribution in [0.15, 0.2) is 0 Å². The molecule has 0 saturated carbocycles. The second-order valence-corrected chi connectivity index (χ2v) is 7.12. The maximum Gasteiger partial charge on any atom is 0.142 e. The molecule has 1 atom stereocenters. The molecule has 0 bridgehead atoms. The molecule has 0 aliphatic rings. The Hall–Kier alpha value is -0.850. The molecule has 2 heterocycles. The van der Waals surface area contributed by atoms with E-state index in [0.29, 0.717) is 5.82 Å². The van der Waals surface area contributed by atoms with E-state index in [1.165, 1.54) is 10.4 Å². The Morgan fingerprint density at radius 1 is 1.32 bits per heavy atom. The number of hydrogen-bond donors (Lipinski definition) is 2. The summed E-state index contributed by atoms with van der Waals surface area (Å²) in [7, 11) is 0. The molecule has 2 rings (SSSR count). The van der Waals surface area contributed by atoms with E-state index in [9.17, 15) is 0 Å². The molecule has 104 valence electrons. The van der Waals surface area contributed by atoms with Crippen LogP contribution in [-0.2, 0) is 5.75 Å². The highest BCUT2D eigenvalue weighted by Crippen LogP contribution is 2.32. The summed E-state index contributed by atoms with van der Waals surface area (Å²) in [5, 5.41) is 1.02. The molecule has 19 heavy (non-hydrogen) atoms. The second kappa shape index (κ2) is 6.07. The van der Waals surface area contributed by atoms with E-state index in [2.05, 4.69) is 23.8 Å². The number of rotatable bonds is 5. The number of nitrogen functional groups attached to an aromatic ring is 1. The van der Waals surface area contributed by atoms with Crippen LogP contribution in [0.5, 0.6) is 0 Å². The van der Waals surface area contributed by atoms with Gasteiger partial charge in [0.2, 0.25) is 0 Å². The third-order valence-corrected chi connectivity index (χ3v) is 5.14. The molecule has 0 aliphatic carbocycles. The number of hydrogen-bond acceptors (Lipinski definition) is 6. The highest BCUT2D eigenvalue weighted by atomic mass is 32.2. The lowest BCUT2D eigenvalue weighted by Crippen LogP contribution is -2.15. The van der Waals surface area contributed by atoms with Gasteiger partial charge in [0.15, 0.2) is 0 Å². The van der Waals surface area contributed by atoms with Crippen LogP contribution in [0.2, 0.25) is 0 Å². The molecule has 1 unspecified atom stereocenters. The monoisotopic (exact) mass is 296 g/mol. The van der Waals surface area contributed by atoms with Crippen molar-refractivity contribution >= 4 is 39.1 Å². The standard InChI is InChI=1S/C13H20N4S2/c1-7(14)4-5-18-6-10-16-12(15)11-8(2)9(3)19-13(11)17-10/h7H,4-6,14H2,1-3H3,(H2,15,16,17). The topological polar surface area (TPSA) is 77.8 Å². The molecule has 0 spiro atoms. The third kappa shape index (κ3) is 3.38. The van der Waals surface area contributed by atoms with Crippen LogP contribution in [0.3, 0.4) is 0 Å². The van der Waals surface area contributed by atoms with Crippen molar-refractivity contribution in [2.75, 3.05) is 11.5 Å². The van der Waals surface area contributed by atoms with E-state index < -0.39 is 0 Å². The Bertz CT molecular complexity index is 578. The van der Waals surface area contributed by atoms with Crippen molar-refractivity contribution in [3.05, 3.63) is 16.3 Å². The van der Waals surface area contributed by atoms with E-state index in [0.717, 1.165) is 34.0 Å². The first kappa shape index (κ1) is 14.6. The number of aryl methyl sites for hydroxylation is 2. The van der Waals surface area contributed by atoms with Gasteiger partial charge in [-0.3, -0.25) is 0 Å². The Kier molecular flexibility index (Phi) is 4.65. The predicted molar refractivity (Wildman–Crippen MR) is 85.7 cm³/mol. The second-order valence-electron chi connectivity index (χ2n) is 4.81. The van der Waals surface area contributed by atoms with Gasteiger partial charge in [0, 0.05) is 10.9 Å². The number of nitrogens with zero attached hydrogens (tertiary/aromatic N) is 2. The van der Waals surface area contributed by atoms with Gasteiger partial charge < -0.3 is 11.5 Å². The molecule has 2 aromatic rings. The fourth-order valence-corrected chi connectivity index (χ4v) is 3.87. The molecule has 0 saturated heterocycles. The van der Waals surface area contributed by atoms with Crippen LogP contribution in [0.4, 0.5) is 5.82 Å². The van der Waals surface area contributed by atoms with E-state index >= 15 is 0 Å². The fourth-order valence-electron chi connectivity index (χ4n) is 1.82. The minimum absolute atomic E-state index is 0.253. The molecule has 4 N–H and O–H groups in total. The molecule has 0 aliphatic heterocycles. The molecule has 2 aromatic heterocycles. The summed E-state index contributed by atoms with van der Waals surface area (Å²) in [6, 6.07) is 0.253. The largest absolute Gasteiger partial charge is 0.383 e. The molecule has 0 amide bonds. The van der Waals surface area contributed by atoms with Gasteiger partial charge in [0.25, 0.3) is 0 Å². The van der Waals surface area contributed by atoms with Gasteiger partial charge in [-0.2, -0.15) is 11.8 Å². The Morgan fingerprint density at radius 2 is 2.05 bits per heavy atom. The van der Waals surface area contributed by atoms with Gasteiger partial charge in [-0.1, -0.05) is 0 Å². The quantitative estimate of drug-likeness (QED) is 0.830. The maximum atomic E-state index is 6.05. The highest BCUT2D eigenvalue weighted by molar-refractivity contribution is 7.98. The lowest BCUT2D eigenvalue weighted by Gasteiger charge is -2.05. The maximum absolute atomic E-state index is 6.05. The number of nitrogens with two attached hydrogens (primary N) is 2. The number of anilines is 1. The summed E-state index contributed by atoms with van der Waals surface area (Å²) < 4.78 is 0. The molecule has 6 heteroatoms. The molecule has 4 nitrogen and oxygen atoms in total. The van der Waals surface area contributed by atoms with Gasteiger partial charge in [-0.15, -0.1) is 11.3 Å². The van der Waals surface area contributed by atoms with Crippen LogP contribution in [0.1, 0.15) is 29.6 Å². The number of thioether (sulfide) groups is 1. The van der Waals surface area contributed by atoms with Crippen molar-refractivity contribution in [2.45, 2.75) is 39.0 Å². The lowest BCUT2D eigenvalue weighted by molar-refractivity contribution is 0.721. The van der Waals surface area contributed by atoms with Crippen LogP contribution in [0, 0.1) is 13.8 Å². The normalized spacial score (nSPS) is 13.1. The van der Waals surface area contributed by atoms with Gasteiger partial charge >= 0.3 is 0 Å². The molecular formula is C13H20N4S2. The minimum Gasteiger partial charge on any atom is -0.383 e. The zero-order valence-electron chi connectivity index (χ0n) is 11.6. The molecule has 0 aromatic carbocycles. The predicted octanol–water partition coefficient (Wildman–Crippen LogP) is 2.86. The van der Waals surface area contributed by atoms with E-state index in [1.54, 1.807) is 11.3 Å². The summed E-state index contributed by atoms with van der Waals surface area (Å²) in [5.41, 5.74) is 13.0. The highest BCUT2D eigenvalue weighted by Gasteiger charge is 2.12. The van der Waals surface area contributed by atoms with Gasteiger partial charge in [-0.25, -0.2) is 9.97 Å². The summed E-state index contributed by atoms with van der Waals surface area (Å²) in [5.74, 6) is 3.25. The lowest BCUT2D eigenvalue weighted by atomic mass is 10.2. The first-order chi connectivity index (χ1) is 8.99. The van der Waals surface area contributed by atoms with Crippen LogP contribution in [0.25, 0.3) is 10.2 Å². The Balaban J connectivity index is 2.13. The SMILES string of the molecule is Cc1sc2nc(CSCCC(C)N)nc(N)c2c1C. The summed E-state index contributed by atoms with van der Waals surface area (Å²) in [6.45, 7) is 6.20. The van der Waals surface area contributed by atoms with Crippen LogP contribution < -0.4 is 11.5 Å². The minimum atomic E-state index is 0.253. The Labute approximate surface area is 122 Å². The molecule has 0 fully saturated rings. The smallest absolute Gasteiger partial charge is 0.142 e. The van der Waals surface area contributed by atoms with E-state index in [1.807, 2.05) is 18.7 Å². The van der Waals surface area contributed by atoms with Crippen molar-refractivity contribution in [1.29, 1.82) is 0 Å². The fraction of sp³-hybridized carbons (Fsp3) is 0.538. The number of thiophene rings is 1. The zero-order valence-corrected chi connectivity index (χ0v) is 13.2. The molecular weight excluding hydrogens is 276 g/mol. The number of aromatic nitrogens is 2. The Morgan fingerprint density at radius 3 is 2.74 bits per heavy atom. The third-order valence-electron chi connectivity index (χ3n) is 3.05. The summed E-state index contributed by atoms with van der Waals surface area (Å²) in [4.78, 5) is 11.3. The van der Waals surface area contributed by atoms with Crippen LogP contribution >= 0.6 is 23.1 Å². The first-order valence-corrected chi connectivity index (χ1v) is 8.31.